The fraction of sp³-hybridized carbons (Fsp3) is 0.167. The molecule has 0 saturated heterocycles. The molecule has 0 aromatic carbocycles. The molecule has 5 heteroatoms. The van der Waals surface area contributed by atoms with Gasteiger partial charge in [0.2, 0.25) is 0 Å². The van der Waals surface area contributed by atoms with Gasteiger partial charge < -0.3 is 4.74 Å². The summed E-state index contributed by atoms with van der Waals surface area (Å²) in [5.74, 6) is -0.394. The van der Waals surface area contributed by atoms with Crippen LogP contribution in [0.25, 0.3) is 11.3 Å². The second kappa shape index (κ2) is 5.16. The summed E-state index contributed by atoms with van der Waals surface area (Å²) in [5, 5.41) is 7.76. The van der Waals surface area contributed by atoms with Gasteiger partial charge in [-0.15, -0.1) is 5.10 Å². The Balaban J connectivity index is 2.45. The van der Waals surface area contributed by atoms with Crippen LogP contribution in [0.2, 0.25) is 0 Å². The van der Waals surface area contributed by atoms with Crippen LogP contribution in [-0.4, -0.2) is 27.8 Å². The van der Waals surface area contributed by atoms with E-state index in [4.69, 9.17) is 4.74 Å². The van der Waals surface area contributed by atoms with Gasteiger partial charge in [0.15, 0.2) is 0 Å². The zero-order chi connectivity index (χ0) is 12.1. The zero-order valence-corrected chi connectivity index (χ0v) is 9.33. The Morgan fingerprint density at radius 3 is 2.71 bits per heavy atom. The minimum atomic E-state index is -0.394. The standard InChI is InChI=1S/C12H11N3O2/c1-2-17-12(16)10-5-8-14-15-11(10)9-3-6-13-7-4-9/h3-8H,2H2,1H3. The molecule has 0 radical (unpaired) electrons. The molecule has 0 atom stereocenters. The average molecular weight is 229 g/mol. The van der Waals surface area contributed by atoms with Gasteiger partial charge in [0.25, 0.3) is 0 Å². The number of carbonyl (C=O) groups is 1. The van der Waals surface area contributed by atoms with Gasteiger partial charge in [0.05, 0.1) is 18.4 Å². The van der Waals surface area contributed by atoms with E-state index >= 15 is 0 Å². The third-order valence-electron chi connectivity index (χ3n) is 2.17. The number of carbonyl (C=O) groups excluding carboxylic acids is 1. The highest BCUT2D eigenvalue weighted by molar-refractivity contribution is 5.95. The largest absolute Gasteiger partial charge is 0.462 e. The Morgan fingerprint density at radius 2 is 2.00 bits per heavy atom. The summed E-state index contributed by atoms with van der Waals surface area (Å²) in [6.45, 7) is 2.09. The molecule has 0 aliphatic heterocycles. The lowest BCUT2D eigenvalue weighted by Gasteiger charge is -2.06. The summed E-state index contributed by atoms with van der Waals surface area (Å²) < 4.78 is 4.97. The summed E-state index contributed by atoms with van der Waals surface area (Å²) in [4.78, 5) is 15.7. The molecule has 0 aliphatic carbocycles. The van der Waals surface area contributed by atoms with Crippen molar-refractivity contribution in [3.8, 4) is 11.3 Å². The van der Waals surface area contributed by atoms with Crippen LogP contribution in [-0.2, 0) is 4.74 Å². The lowest BCUT2D eigenvalue weighted by Crippen LogP contribution is -2.08. The maximum absolute atomic E-state index is 11.7. The molecule has 86 valence electrons. The molecule has 0 N–H and O–H groups in total. The Bertz CT molecular complexity index is 514. The Hall–Kier alpha value is -2.30. The van der Waals surface area contributed by atoms with Crippen LogP contribution in [0.15, 0.2) is 36.8 Å². The number of rotatable bonds is 3. The van der Waals surface area contributed by atoms with Crippen LogP contribution >= 0.6 is 0 Å². The van der Waals surface area contributed by atoms with Crippen molar-refractivity contribution < 1.29 is 9.53 Å². The van der Waals surface area contributed by atoms with Crippen LogP contribution in [0, 0.1) is 0 Å². The van der Waals surface area contributed by atoms with Gasteiger partial charge in [-0.3, -0.25) is 4.98 Å². The van der Waals surface area contributed by atoms with Crippen molar-refractivity contribution in [3.05, 3.63) is 42.4 Å². The first kappa shape index (κ1) is 11.2. The number of aromatic nitrogens is 3. The molecule has 2 heterocycles. The first-order valence-corrected chi connectivity index (χ1v) is 5.22. The van der Waals surface area contributed by atoms with Crippen molar-refractivity contribution >= 4 is 5.97 Å². The number of nitrogens with zero attached hydrogens (tertiary/aromatic N) is 3. The molecule has 0 amide bonds. The Labute approximate surface area is 98.5 Å². The second-order valence-electron chi connectivity index (χ2n) is 3.25. The maximum Gasteiger partial charge on any atom is 0.340 e. The van der Waals surface area contributed by atoms with Crippen LogP contribution in [0.1, 0.15) is 17.3 Å². The first-order valence-electron chi connectivity index (χ1n) is 5.22. The van der Waals surface area contributed by atoms with E-state index in [-0.39, 0.29) is 0 Å². The van der Waals surface area contributed by atoms with Gasteiger partial charge >= 0.3 is 5.97 Å². The van der Waals surface area contributed by atoms with Gasteiger partial charge in [-0.1, -0.05) is 0 Å². The highest BCUT2D eigenvalue weighted by atomic mass is 16.5. The van der Waals surface area contributed by atoms with E-state index in [0.717, 1.165) is 5.56 Å². The van der Waals surface area contributed by atoms with E-state index in [1.165, 1.54) is 6.20 Å². The van der Waals surface area contributed by atoms with Crippen LogP contribution < -0.4 is 0 Å². The topological polar surface area (TPSA) is 65.0 Å². The van der Waals surface area contributed by atoms with Gasteiger partial charge in [-0.25, -0.2) is 4.79 Å². The Morgan fingerprint density at radius 1 is 1.24 bits per heavy atom. The highest BCUT2D eigenvalue weighted by Gasteiger charge is 2.14. The molecule has 2 rings (SSSR count). The fourth-order valence-electron chi connectivity index (χ4n) is 1.43. The van der Waals surface area contributed by atoms with Crippen LogP contribution in [0.3, 0.4) is 0 Å². The average Bonchev–Trinajstić information content (AvgIpc) is 2.40. The minimum Gasteiger partial charge on any atom is -0.462 e. The molecule has 0 fully saturated rings. The van der Waals surface area contributed by atoms with Crippen LogP contribution in [0.4, 0.5) is 0 Å². The predicted octanol–water partition coefficient (Wildman–Crippen LogP) is 1.72. The van der Waals surface area contributed by atoms with Gasteiger partial charge in [0.1, 0.15) is 5.69 Å². The number of hydrogen-bond donors (Lipinski definition) is 0. The van der Waals surface area contributed by atoms with E-state index in [0.29, 0.717) is 17.9 Å². The van der Waals surface area contributed by atoms with Crippen molar-refractivity contribution in [2.45, 2.75) is 6.92 Å². The number of ether oxygens (including phenoxy) is 1. The van der Waals surface area contributed by atoms with Crippen molar-refractivity contribution in [2.75, 3.05) is 6.61 Å². The van der Waals surface area contributed by atoms with Crippen molar-refractivity contribution in [3.63, 3.8) is 0 Å². The molecular weight excluding hydrogens is 218 g/mol. The maximum atomic E-state index is 11.7. The number of esters is 1. The monoisotopic (exact) mass is 229 g/mol. The molecule has 2 aromatic heterocycles. The fourth-order valence-corrected chi connectivity index (χ4v) is 1.43. The smallest absolute Gasteiger partial charge is 0.340 e. The molecule has 2 aromatic rings. The molecule has 0 saturated carbocycles. The van der Waals surface area contributed by atoms with Gasteiger partial charge in [0, 0.05) is 18.0 Å². The first-order chi connectivity index (χ1) is 8.33. The highest BCUT2D eigenvalue weighted by Crippen LogP contribution is 2.19. The molecule has 17 heavy (non-hydrogen) atoms. The zero-order valence-electron chi connectivity index (χ0n) is 9.33. The van der Waals surface area contributed by atoms with E-state index in [1.807, 2.05) is 0 Å². The summed E-state index contributed by atoms with van der Waals surface area (Å²) in [7, 11) is 0. The SMILES string of the molecule is CCOC(=O)c1ccnnc1-c1ccncc1. The van der Waals surface area contributed by atoms with E-state index in [9.17, 15) is 4.79 Å². The van der Waals surface area contributed by atoms with Crippen molar-refractivity contribution in [1.82, 2.24) is 15.2 Å². The molecule has 0 spiro atoms. The second-order valence-corrected chi connectivity index (χ2v) is 3.25. The van der Waals surface area contributed by atoms with Crippen LogP contribution in [0.5, 0.6) is 0 Å². The minimum absolute atomic E-state index is 0.330. The molecule has 0 aliphatic rings. The predicted molar refractivity (Wildman–Crippen MR) is 61.2 cm³/mol. The van der Waals surface area contributed by atoms with Gasteiger partial charge in [-0.2, -0.15) is 5.10 Å². The van der Waals surface area contributed by atoms with Crippen molar-refractivity contribution in [1.29, 1.82) is 0 Å². The van der Waals surface area contributed by atoms with E-state index < -0.39 is 5.97 Å². The third-order valence-corrected chi connectivity index (χ3v) is 2.17. The normalized spacial score (nSPS) is 9.94. The number of pyridine rings is 1. The van der Waals surface area contributed by atoms with E-state index in [1.54, 1.807) is 37.5 Å². The lowest BCUT2D eigenvalue weighted by atomic mass is 10.1. The molecule has 5 nitrogen and oxygen atoms in total. The summed E-state index contributed by atoms with van der Waals surface area (Å²) in [6.07, 6.45) is 4.74. The van der Waals surface area contributed by atoms with E-state index in [2.05, 4.69) is 15.2 Å². The summed E-state index contributed by atoms with van der Waals surface area (Å²) in [6, 6.07) is 5.14. The summed E-state index contributed by atoms with van der Waals surface area (Å²) in [5.41, 5.74) is 1.71. The molecule has 0 bridgehead atoms. The molecule has 0 unspecified atom stereocenters. The third kappa shape index (κ3) is 2.44. The summed E-state index contributed by atoms with van der Waals surface area (Å²) >= 11 is 0. The Kier molecular flexibility index (Phi) is 3.40. The quantitative estimate of drug-likeness (QED) is 0.750. The van der Waals surface area contributed by atoms with Crippen molar-refractivity contribution in [2.24, 2.45) is 0 Å². The molecular formula is C12H11N3O2. The lowest BCUT2D eigenvalue weighted by molar-refractivity contribution is 0.0526. The van der Waals surface area contributed by atoms with Gasteiger partial charge in [-0.05, 0) is 25.1 Å². The number of hydrogen-bond acceptors (Lipinski definition) is 5.